The summed E-state index contributed by atoms with van der Waals surface area (Å²) >= 11 is 0. The smallest absolute Gasteiger partial charge is 0.339 e. The van der Waals surface area contributed by atoms with E-state index in [1.54, 1.807) is 6.92 Å². The summed E-state index contributed by atoms with van der Waals surface area (Å²) in [6.07, 6.45) is 0. The van der Waals surface area contributed by atoms with E-state index in [2.05, 4.69) is 38.0 Å². The summed E-state index contributed by atoms with van der Waals surface area (Å²) in [5.74, 6) is -0.378. The van der Waals surface area contributed by atoms with Gasteiger partial charge in [0.15, 0.2) is 0 Å². The molecule has 1 fully saturated rings. The molecule has 2 N–H and O–H groups in total. The molecule has 0 aromatic carbocycles. The fourth-order valence-electron chi connectivity index (χ4n) is 3.29. The molecule has 0 spiro atoms. The molecule has 0 radical (unpaired) electrons. The number of hydrogen-bond donors (Lipinski definition) is 2. The third-order valence-corrected chi connectivity index (χ3v) is 5.36. The van der Waals surface area contributed by atoms with E-state index < -0.39 is 5.97 Å². The fourth-order valence-corrected chi connectivity index (χ4v) is 3.29. The van der Waals surface area contributed by atoms with Crippen molar-refractivity contribution in [3.8, 4) is 0 Å². The first-order chi connectivity index (χ1) is 9.09. The lowest BCUT2D eigenvalue weighted by molar-refractivity contribution is 0.0696. The van der Waals surface area contributed by atoms with Gasteiger partial charge in [0.1, 0.15) is 5.56 Å². The van der Waals surface area contributed by atoms with Crippen LogP contribution in [0.4, 0.5) is 5.69 Å². The zero-order valence-electron chi connectivity index (χ0n) is 13.2. The molecular formula is C16H24N2O2. The van der Waals surface area contributed by atoms with Gasteiger partial charge < -0.3 is 10.4 Å². The number of carbonyl (C=O) groups is 1. The normalized spacial score (nSPS) is 19.7. The van der Waals surface area contributed by atoms with Crippen LogP contribution >= 0.6 is 0 Å². The van der Waals surface area contributed by atoms with Crippen molar-refractivity contribution >= 4 is 11.7 Å². The van der Waals surface area contributed by atoms with Gasteiger partial charge in [-0.15, -0.1) is 0 Å². The minimum Gasteiger partial charge on any atom is -0.478 e. The Morgan fingerprint density at radius 3 is 2.30 bits per heavy atom. The molecule has 0 saturated heterocycles. The number of aromatic carboxylic acids is 1. The molecule has 4 nitrogen and oxygen atoms in total. The Balaban J connectivity index is 2.21. The van der Waals surface area contributed by atoms with Crippen molar-refractivity contribution in [3.05, 3.63) is 23.0 Å². The SMILES string of the molecule is Cc1cc(NCC2C(C)(C)C2(C)C)c(C(=O)O)c(C)n1. The minimum absolute atomic E-state index is 0.284. The highest BCUT2D eigenvalue weighted by atomic mass is 16.4. The molecule has 1 aliphatic rings. The lowest BCUT2D eigenvalue weighted by Gasteiger charge is -2.13. The van der Waals surface area contributed by atoms with Crippen LogP contribution in [0.2, 0.25) is 0 Å². The molecule has 1 aliphatic carbocycles. The maximum absolute atomic E-state index is 11.4. The van der Waals surface area contributed by atoms with E-state index in [1.807, 2.05) is 13.0 Å². The van der Waals surface area contributed by atoms with Crippen molar-refractivity contribution < 1.29 is 9.90 Å². The molecule has 2 rings (SSSR count). The Morgan fingerprint density at radius 2 is 1.85 bits per heavy atom. The maximum atomic E-state index is 11.4. The highest BCUT2D eigenvalue weighted by molar-refractivity contribution is 5.95. The Kier molecular flexibility index (Phi) is 3.31. The van der Waals surface area contributed by atoms with Gasteiger partial charge in [-0.25, -0.2) is 4.79 Å². The summed E-state index contributed by atoms with van der Waals surface area (Å²) in [5, 5.41) is 12.7. The summed E-state index contributed by atoms with van der Waals surface area (Å²) in [7, 11) is 0. The molecule has 4 heteroatoms. The van der Waals surface area contributed by atoms with E-state index in [9.17, 15) is 9.90 Å². The van der Waals surface area contributed by atoms with Gasteiger partial charge in [-0.05, 0) is 36.7 Å². The lowest BCUT2D eigenvalue weighted by atomic mass is 10.0. The van der Waals surface area contributed by atoms with E-state index >= 15 is 0 Å². The predicted molar refractivity (Wildman–Crippen MR) is 80.2 cm³/mol. The molecular weight excluding hydrogens is 252 g/mol. The number of anilines is 1. The number of nitrogens with one attached hydrogen (secondary N) is 1. The molecule has 0 unspecified atom stereocenters. The summed E-state index contributed by atoms with van der Waals surface area (Å²) < 4.78 is 0. The van der Waals surface area contributed by atoms with Gasteiger partial charge in [-0.3, -0.25) is 4.98 Å². The zero-order valence-corrected chi connectivity index (χ0v) is 13.2. The number of nitrogens with zero attached hydrogens (tertiary/aromatic N) is 1. The van der Waals surface area contributed by atoms with Crippen molar-refractivity contribution in [2.24, 2.45) is 16.7 Å². The summed E-state index contributed by atoms with van der Waals surface area (Å²) in [6, 6.07) is 1.82. The van der Waals surface area contributed by atoms with Gasteiger partial charge in [-0.2, -0.15) is 0 Å². The summed E-state index contributed by atoms with van der Waals surface area (Å²) in [4.78, 5) is 15.6. The van der Waals surface area contributed by atoms with E-state index in [-0.39, 0.29) is 5.56 Å². The maximum Gasteiger partial charge on any atom is 0.339 e. The van der Waals surface area contributed by atoms with Crippen LogP contribution in [0, 0.1) is 30.6 Å². The van der Waals surface area contributed by atoms with Gasteiger partial charge >= 0.3 is 5.97 Å². The van der Waals surface area contributed by atoms with Crippen LogP contribution < -0.4 is 5.32 Å². The van der Waals surface area contributed by atoms with Crippen molar-refractivity contribution in [1.29, 1.82) is 0 Å². The number of aryl methyl sites for hydroxylation is 2. The fraction of sp³-hybridized carbons (Fsp3) is 0.625. The summed E-state index contributed by atoms with van der Waals surface area (Å²) in [5.41, 5.74) is 2.95. The van der Waals surface area contributed by atoms with Gasteiger partial charge in [0.25, 0.3) is 0 Å². The van der Waals surface area contributed by atoms with Gasteiger partial charge in [0.05, 0.1) is 11.4 Å². The van der Waals surface area contributed by atoms with Gasteiger partial charge in [0, 0.05) is 12.2 Å². The highest BCUT2D eigenvalue weighted by Gasteiger charge is 2.64. The molecule has 1 aromatic heterocycles. The summed E-state index contributed by atoms with van der Waals surface area (Å²) in [6.45, 7) is 13.5. The predicted octanol–water partition coefficient (Wildman–Crippen LogP) is 3.49. The number of carboxylic acid groups (broad SMARTS) is 1. The topological polar surface area (TPSA) is 62.2 Å². The number of carboxylic acids is 1. The first-order valence-electron chi connectivity index (χ1n) is 7.04. The van der Waals surface area contributed by atoms with E-state index in [0.717, 1.165) is 12.2 Å². The van der Waals surface area contributed by atoms with Crippen LogP contribution in [0.5, 0.6) is 0 Å². The van der Waals surface area contributed by atoms with Crippen molar-refractivity contribution in [1.82, 2.24) is 4.98 Å². The molecule has 0 bridgehead atoms. The lowest BCUT2D eigenvalue weighted by Crippen LogP contribution is -2.14. The average molecular weight is 276 g/mol. The largest absolute Gasteiger partial charge is 0.478 e. The number of pyridine rings is 1. The van der Waals surface area contributed by atoms with Crippen molar-refractivity contribution in [2.45, 2.75) is 41.5 Å². The number of rotatable bonds is 4. The molecule has 1 heterocycles. The van der Waals surface area contributed by atoms with E-state index in [0.29, 0.717) is 28.1 Å². The second kappa shape index (κ2) is 4.47. The zero-order chi connectivity index (χ0) is 15.3. The Bertz CT molecular complexity index is 548. The third-order valence-electron chi connectivity index (χ3n) is 5.36. The molecule has 20 heavy (non-hydrogen) atoms. The molecule has 1 saturated carbocycles. The molecule has 0 aliphatic heterocycles. The van der Waals surface area contributed by atoms with Crippen LogP contribution in [-0.4, -0.2) is 22.6 Å². The van der Waals surface area contributed by atoms with Crippen molar-refractivity contribution in [2.75, 3.05) is 11.9 Å². The standard InChI is InChI=1S/C16H24N2O2/c1-9-7-11(13(14(19)20)10(2)18-9)17-8-12-15(3,4)16(12,5)6/h7,12H,8H2,1-6H3,(H,17,18)(H,19,20). The van der Waals surface area contributed by atoms with Crippen LogP contribution in [0.15, 0.2) is 6.07 Å². The Morgan fingerprint density at radius 1 is 1.30 bits per heavy atom. The quantitative estimate of drug-likeness (QED) is 0.883. The third kappa shape index (κ3) is 2.17. The van der Waals surface area contributed by atoms with E-state index in [4.69, 9.17) is 0 Å². The van der Waals surface area contributed by atoms with Crippen LogP contribution in [0.1, 0.15) is 49.4 Å². The highest BCUT2D eigenvalue weighted by Crippen LogP contribution is 2.68. The first kappa shape index (κ1) is 14.8. The average Bonchev–Trinajstić information content (AvgIpc) is 2.64. The first-order valence-corrected chi connectivity index (χ1v) is 7.04. The second-order valence-electron chi connectivity index (χ2n) is 6.95. The second-order valence-corrected chi connectivity index (χ2v) is 6.95. The van der Waals surface area contributed by atoms with Crippen molar-refractivity contribution in [3.63, 3.8) is 0 Å². The number of aromatic nitrogens is 1. The monoisotopic (exact) mass is 276 g/mol. The molecule has 110 valence electrons. The van der Waals surface area contributed by atoms with Crippen LogP contribution in [-0.2, 0) is 0 Å². The molecule has 1 aromatic rings. The molecule has 0 amide bonds. The minimum atomic E-state index is -0.924. The Hall–Kier alpha value is -1.58. The number of hydrogen-bond acceptors (Lipinski definition) is 3. The van der Waals surface area contributed by atoms with Gasteiger partial charge in [0.2, 0.25) is 0 Å². The molecule has 0 atom stereocenters. The van der Waals surface area contributed by atoms with E-state index in [1.165, 1.54) is 0 Å². The van der Waals surface area contributed by atoms with Crippen LogP contribution in [0.25, 0.3) is 0 Å². The van der Waals surface area contributed by atoms with Gasteiger partial charge in [-0.1, -0.05) is 27.7 Å². The Labute approximate surface area is 120 Å². The van der Waals surface area contributed by atoms with Crippen LogP contribution in [0.3, 0.4) is 0 Å².